The number of carboxylic acid groups (broad SMARTS) is 1. The maximum absolute atomic E-state index is 11.6. The van der Waals surface area contributed by atoms with Gasteiger partial charge in [0.1, 0.15) is 6.04 Å². The number of rotatable bonds is 5. The first-order valence-electron chi connectivity index (χ1n) is 7.82. The molecule has 0 spiro atoms. The Labute approximate surface area is 126 Å². The Bertz CT molecular complexity index is 496. The van der Waals surface area contributed by atoms with Gasteiger partial charge in [0.15, 0.2) is 0 Å². The van der Waals surface area contributed by atoms with Crippen LogP contribution in [0.4, 0.5) is 5.95 Å². The predicted molar refractivity (Wildman–Crippen MR) is 82.5 cm³/mol. The van der Waals surface area contributed by atoms with E-state index < -0.39 is 12.0 Å². The molecule has 0 amide bonds. The monoisotopic (exact) mass is 291 g/mol. The quantitative estimate of drug-likeness (QED) is 0.870. The van der Waals surface area contributed by atoms with Crippen molar-refractivity contribution in [3.05, 3.63) is 17.5 Å². The van der Waals surface area contributed by atoms with Gasteiger partial charge in [-0.3, -0.25) is 0 Å². The lowest BCUT2D eigenvalue weighted by Crippen LogP contribution is -2.38. The molecule has 0 aromatic carbocycles. The predicted octanol–water partition coefficient (Wildman–Crippen LogP) is 3.35. The van der Waals surface area contributed by atoms with Gasteiger partial charge in [-0.2, -0.15) is 0 Å². The first-order chi connectivity index (χ1) is 9.97. The molecule has 1 aromatic rings. The van der Waals surface area contributed by atoms with E-state index in [1.807, 2.05) is 13.0 Å². The van der Waals surface area contributed by atoms with Gasteiger partial charge in [-0.05, 0) is 37.7 Å². The summed E-state index contributed by atoms with van der Waals surface area (Å²) >= 11 is 0. The van der Waals surface area contributed by atoms with E-state index in [2.05, 4.69) is 29.1 Å². The van der Waals surface area contributed by atoms with Crippen LogP contribution in [0.3, 0.4) is 0 Å². The third-order valence-electron chi connectivity index (χ3n) is 4.14. The lowest BCUT2D eigenvalue weighted by molar-refractivity contribution is -0.139. The van der Waals surface area contributed by atoms with Crippen LogP contribution in [0.25, 0.3) is 0 Å². The summed E-state index contributed by atoms with van der Waals surface area (Å²) in [6.45, 7) is 6.05. The van der Waals surface area contributed by atoms with Crippen molar-refractivity contribution in [3.63, 3.8) is 0 Å². The third-order valence-corrected chi connectivity index (χ3v) is 4.14. The smallest absolute Gasteiger partial charge is 0.326 e. The summed E-state index contributed by atoms with van der Waals surface area (Å²) in [6, 6.07) is 1.36. The van der Waals surface area contributed by atoms with Gasteiger partial charge in [0.2, 0.25) is 5.95 Å². The molecular formula is C16H25N3O2. The molecule has 0 radical (unpaired) electrons. The zero-order chi connectivity index (χ0) is 15.4. The Morgan fingerprint density at radius 3 is 2.52 bits per heavy atom. The molecule has 5 heteroatoms. The van der Waals surface area contributed by atoms with Gasteiger partial charge in [-0.1, -0.05) is 33.1 Å². The fourth-order valence-electron chi connectivity index (χ4n) is 2.94. The Hall–Kier alpha value is -1.65. The largest absolute Gasteiger partial charge is 0.480 e. The van der Waals surface area contributed by atoms with Crippen LogP contribution < -0.4 is 5.32 Å². The standard InChI is InChI=1S/C16H25N3O2/c1-10(2)13-9-11(3)17-16(18-13)19-14(15(20)21)12-7-5-4-6-8-12/h9-10,12,14H,4-8H2,1-3H3,(H,20,21)(H,17,18,19). The van der Waals surface area contributed by atoms with E-state index in [4.69, 9.17) is 0 Å². The molecule has 1 heterocycles. The van der Waals surface area contributed by atoms with Crippen molar-refractivity contribution in [2.45, 2.75) is 64.8 Å². The molecule has 5 nitrogen and oxygen atoms in total. The molecule has 21 heavy (non-hydrogen) atoms. The van der Waals surface area contributed by atoms with Crippen LogP contribution in [-0.4, -0.2) is 27.1 Å². The number of carboxylic acids is 1. The van der Waals surface area contributed by atoms with E-state index in [-0.39, 0.29) is 5.92 Å². The average Bonchev–Trinajstić information content (AvgIpc) is 2.44. The van der Waals surface area contributed by atoms with Crippen LogP contribution in [-0.2, 0) is 4.79 Å². The van der Waals surface area contributed by atoms with Crippen LogP contribution in [0.15, 0.2) is 6.07 Å². The van der Waals surface area contributed by atoms with Crippen molar-refractivity contribution in [3.8, 4) is 0 Å². The molecule has 1 atom stereocenters. The van der Waals surface area contributed by atoms with Gasteiger partial charge >= 0.3 is 5.97 Å². The zero-order valence-corrected chi connectivity index (χ0v) is 13.1. The van der Waals surface area contributed by atoms with E-state index >= 15 is 0 Å². The second-order valence-electron chi connectivity index (χ2n) is 6.27. The highest BCUT2D eigenvalue weighted by atomic mass is 16.4. The maximum Gasteiger partial charge on any atom is 0.326 e. The Morgan fingerprint density at radius 1 is 1.29 bits per heavy atom. The van der Waals surface area contributed by atoms with Crippen molar-refractivity contribution >= 4 is 11.9 Å². The molecule has 2 rings (SSSR count). The van der Waals surface area contributed by atoms with Crippen molar-refractivity contribution < 1.29 is 9.90 Å². The van der Waals surface area contributed by atoms with Crippen molar-refractivity contribution in [2.75, 3.05) is 5.32 Å². The number of aliphatic carboxylic acids is 1. The second-order valence-corrected chi connectivity index (χ2v) is 6.27. The molecule has 1 fully saturated rings. The SMILES string of the molecule is Cc1cc(C(C)C)nc(NC(C(=O)O)C2CCCCC2)n1. The highest BCUT2D eigenvalue weighted by Gasteiger charge is 2.30. The minimum Gasteiger partial charge on any atom is -0.480 e. The number of hydrogen-bond donors (Lipinski definition) is 2. The van der Waals surface area contributed by atoms with Gasteiger partial charge < -0.3 is 10.4 Å². The summed E-state index contributed by atoms with van der Waals surface area (Å²) in [5.74, 6) is 0.0999. The minimum atomic E-state index is -0.807. The number of hydrogen-bond acceptors (Lipinski definition) is 4. The van der Waals surface area contributed by atoms with E-state index in [9.17, 15) is 9.90 Å². The lowest BCUT2D eigenvalue weighted by Gasteiger charge is -2.28. The molecule has 1 aromatic heterocycles. The Kier molecular flexibility index (Phi) is 5.15. The number of aromatic nitrogens is 2. The minimum absolute atomic E-state index is 0.169. The average molecular weight is 291 g/mol. The van der Waals surface area contributed by atoms with Crippen molar-refractivity contribution in [1.29, 1.82) is 0 Å². The number of carbonyl (C=O) groups is 1. The second kappa shape index (κ2) is 6.87. The fourth-order valence-corrected chi connectivity index (χ4v) is 2.94. The van der Waals surface area contributed by atoms with Crippen LogP contribution in [0.1, 0.15) is 63.3 Å². The first kappa shape index (κ1) is 15.7. The maximum atomic E-state index is 11.6. The number of anilines is 1. The van der Waals surface area contributed by atoms with Crippen molar-refractivity contribution in [2.24, 2.45) is 5.92 Å². The summed E-state index contributed by atoms with van der Waals surface area (Å²) in [4.78, 5) is 20.4. The Morgan fingerprint density at radius 2 is 1.95 bits per heavy atom. The molecule has 0 aliphatic heterocycles. The number of nitrogens with zero attached hydrogens (tertiary/aromatic N) is 2. The molecular weight excluding hydrogens is 266 g/mol. The van der Waals surface area contributed by atoms with Gasteiger partial charge in [0.25, 0.3) is 0 Å². The molecule has 1 aliphatic rings. The Balaban J connectivity index is 2.18. The molecule has 1 unspecified atom stereocenters. The third kappa shape index (κ3) is 4.16. The number of aryl methyl sites for hydroxylation is 1. The van der Waals surface area contributed by atoms with Crippen LogP contribution in [0, 0.1) is 12.8 Å². The summed E-state index contributed by atoms with van der Waals surface area (Å²) in [5.41, 5.74) is 1.81. The summed E-state index contributed by atoms with van der Waals surface area (Å²) in [6.07, 6.45) is 5.37. The summed E-state index contributed by atoms with van der Waals surface area (Å²) in [5, 5.41) is 12.6. The molecule has 116 valence electrons. The summed E-state index contributed by atoms with van der Waals surface area (Å²) < 4.78 is 0. The molecule has 0 bridgehead atoms. The molecule has 0 saturated heterocycles. The normalized spacial score (nSPS) is 17.7. The zero-order valence-electron chi connectivity index (χ0n) is 13.1. The first-order valence-corrected chi connectivity index (χ1v) is 7.82. The molecule has 1 aliphatic carbocycles. The van der Waals surface area contributed by atoms with Crippen LogP contribution >= 0.6 is 0 Å². The fraction of sp³-hybridized carbons (Fsp3) is 0.688. The summed E-state index contributed by atoms with van der Waals surface area (Å²) in [7, 11) is 0. The number of nitrogens with one attached hydrogen (secondary N) is 1. The lowest BCUT2D eigenvalue weighted by atomic mass is 9.84. The van der Waals surface area contributed by atoms with Gasteiger partial charge in [0, 0.05) is 11.4 Å². The van der Waals surface area contributed by atoms with Gasteiger partial charge in [0.05, 0.1) is 0 Å². The van der Waals surface area contributed by atoms with Gasteiger partial charge in [-0.15, -0.1) is 0 Å². The van der Waals surface area contributed by atoms with Crippen LogP contribution in [0.5, 0.6) is 0 Å². The van der Waals surface area contributed by atoms with E-state index in [1.54, 1.807) is 0 Å². The van der Waals surface area contributed by atoms with Crippen LogP contribution in [0.2, 0.25) is 0 Å². The van der Waals surface area contributed by atoms with E-state index in [0.29, 0.717) is 11.9 Å². The van der Waals surface area contributed by atoms with Gasteiger partial charge in [-0.25, -0.2) is 14.8 Å². The molecule has 1 saturated carbocycles. The molecule has 2 N–H and O–H groups in total. The highest BCUT2D eigenvalue weighted by Crippen LogP contribution is 2.28. The van der Waals surface area contributed by atoms with E-state index in [0.717, 1.165) is 37.1 Å². The topological polar surface area (TPSA) is 75.1 Å². The highest BCUT2D eigenvalue weighted by molar-refractivity contribution is 5.77. The van der Waals surface area contributed by atoms with Crippen molar-refractivity contribution in [1.82, 2.24) is 9.97 Å². The van der Waals surface area contributed by atoms with E-state index in [1.165, 1.54) is 6.42 Å².